The zero-order valence-corrected chi connectivity index (χ0v) is 11.4. The van der Waals surface area contributed by atoms with Crippen LogP contribution < -0.4 is 4.72 Å². The van der Waals surface area contributed by atoms with Crippen molar-refractivity contribution in [2.75, 3.05) is 4.72 Å². The summed E-state index contributed by atoms with van der Waals surface area (Å²) in [4.78, 5) is 17.9. The van der Waals surface area contributed by atoms with Gasteiger partial charge in [-0.15, -0.1) is 0 Å². The molecule has 0 fully saturated rings. The first-order chi connectivity index (χ1) is 9.40. The summed E-state index contributed by atoms with van der Waals surface area (Å²) in [5.41, 5.74) is -0.118. The fourth-order valence-corrected chi connectivity index (χ4v) is 2.88. The summed E-state index contributed by atoms with van der Waals surface area (Å²) in [6, 6.07) is 3.86. The van der Waals surface area contributed by atoms with Crippen LogP contribution in [0.2, 0.25) is 5.15 Å². The lowest BCUT2D eigenvalue weighted by Gasteiger charge is -2.08. The lowest BCUT2D eigenvalue weighted by Crippen LogP contribution is -2.14. The van der Waals surface area contributed by atoms with E-state index in [1.807, 2.05) is 0 Å². The molecule has 0 saturated heterocycles. The number of carbonyl (C=O) groups is 1. The molecule has 20 heavy (non-hydrogen) atoms. The van der Waals surface area contributed by atoms with Gasteiger partial charge in [-0.25, -0.2) is 18.2 Å². The lowest BCUT2D eigenvalue weighted by molar-refractivity contribution is 0.0696. The number of anilines is 1. The van der Waals surface area contributed by atoms with Gasteiger partial charge in [0.25, 0.3) is 10.0 Å². The smallest absolute Gasteiger partial charge is 0.337 e. The summed E-state index contributed by atoms with van der Waals surface area (Å²) in [5.74, 6) is -1.21. The molecule has 2 aromatic heterocycles. The van der Waals surface area contributed by atoms with Crippen molar-refractivity contribution < 1.29 is 18.3 Å². The molecule has 2 rings (SSSR count). The summed E-state index contributed by atoms with van der Waals surface area (Å²) in [5, 5.41) is 8.64. The molecule has 2 heterocycles. The second-order valence-electron chi connectivity index (χ2n) is 3.67. The molecule has 0 amide bonds. The van der Waals surface area contributed by atoms with Crippen molar-refractivity contribution in [2.45, 2.75) is 4.90 Å². The topological polar surface area (TPSA) is 109 Å². The van der Waals surface area contributed by atoms with E-state index in [0.29, 0.717) is 0 Å². The number of sulfonamides is 1. The normalized spacial score (nSPS) is 11.1. The Morgan fingerprint density at radius 2 is 2.10 bits per heavy atom. The average Bonchev–Trinajstić information content (AvgIpc) is 2.38. The SMILES string of the molecule is O=C(O)c1cncc(NS(=O)(=O)c2cccnc2Cl)c1. The molecule has 104 valence electrons. The molecule has 0 aromatic carbocycles. The number of nitrogens with one attached hydrogen (secondary N) is 1. The molecule has 0 unspecified atom stereocenters. The third kappa shape index (κ3) is 3.03. The van der Waals surface area contributed by atoms with Crippen LogP contribution in [0.1, 0.15) is 10.4 Å². The van der Waals surface area contributed by atoms with Crippen LogP contribution >= 0.6 is 11.6 Å². The molecular weight excluding hydrogens is 306 g/mol. The van der Waals surface area contributed by atoms with Gasteiger partial charge in [-0.2, -0.15) is 0 Å². The van der Waals surface area contributed by atoms with Crippen molar-refractivity contribution >= 4 is 33.3 Å². The number of aromatic carboxylic acids is 1. The van der Waals surface area contributed by atoms with Gasteiger partial charge in [-0.05, 0) is 18.2 Å². The van der Waals surface area contributed by atoms with E-state index in [1.54, 1.807) is 0 Å². The van der Waals surface area contributed by atoms with E-state index in [-0.39, 0.29) is 21.3 Å². The van der Waals surface area contributed by atoms with Crippen LogP contribution in [0.25, 0.3) is 0 Å². The molecule has 0 aliphatic rings. The number of aromatic nitrogens is 2. The Balaban J connectivity index is 2.36. The van der Waals surface area contributed by atoms with Crippen molar-refractivity contribution in [1.29, 1.82) is 0 Å². The highest BCUT2D eigenvalue weighted by atomic mass is 35.5. The van der Waals surface area contributed by atoms with E-state index in [9.17, 15) is 13.2 Å². The van der Waals surface area contributed by atoms with Crippen molar-refractivity contribution in [3.05, 3.63) is 47.5 Å². The third-order valence-corrected chi connectivity index (χ3v) is 4.08. The first kappa shape index (κ1) is 14.2. The Morgan fingerprint density at radius 3 is 2.75 bits per heavy atom. The molecule has 0 spiro atoms. The molecule has 0 aliphatic carbocycles. The average molecular weight is 314 g/mol. The molecule has 0 radical (unpaired) electrons. The minimum Gasteiger partial charge on any atom is -0.478 e. The number of rotatable bonds is 4. The Labute approximate surface area is 119 Å². The van der Waals surface area contributed by atoms with Gasteiger partial charge in [-0.1, -0.05) is 11.6 Å². The van der Waals surface area contributed by atoms with Gasteiger partial charge < -0.3 is 5.11 Å². The zero-order valence-electron chi connectivity index (χ0n) is 9.82. The summed E-state index contributed by atoms with van der Waals surface area (Å²) >= 11 is 5.72. The molecule has 2 aromatic rings. The molecule has 9 heteroatoms. The molecule has 2 N–H and O–H groups in total. The first-order valence-corrected chi connectivity index (χ1v) is 7.08. The van der Waals surface area contributed by atoms with E-state index < -0.39 is 16.0 Å². The number of hydrogen-bond acceptors (Lipinski definition) is 5. The second-order valence-corrected chi connectivity index (χ2v) is 5.67. The predicted molar refractivity (Wildman–Crippen MR) is 71.3 cm³/mol. The Bertz CT molecular complexity index is 764. The van der Waals surface area contributed by atoms with Gasteiger partial charge in [0.2, 0.25) is 0 Å². The van der Waals surface area contributed by atoms with Gasteiger partial charge >= 0.3 is 5.97 Å². The van der Waals surface area contributed by atoms with Gasteiger partial charge in [0, 0.05) is 12.4 Å². The number of halogens is 1. The predicted octanol–water partition coefficient (Wildman–Crippen LogP) is 1.63. The summed E-state index contributed by atoms with van der Waals surface area (Å²) < 4.78 is 26.4. The van der Waals surface area contributed by atoms with Gasteiger partial charge in [0.1, 0.15) is 10.0 Å². The summed E-state index contributed by atoms with van der Waals surface area (Å²) in [7, 11) is -3.96. The third-order valence-electron chi connectivity index (χ3n) is 2.25. The van der Waals surface area contributed by atoms with Crippen LogP contribution in [-0.2, 0) is 10.0 Å². The van der Waals surface area contributed by atoms with Crippen LogP contribution in [0.5, 0.6) is 0 Å². The molecular formula is C11H8ClN3O4S. The number of carboxylic acids is 1. The minimum atomic E-state index is -3.96. The molecule has 0 aliphatic heterocycles. The van der Waals surface area contributed by atoms with E-state index in [2.05, 4.69) is 14.7 Å². The first-order valence-electron chi connectivity index (χ1n) is 5.22. The van der Waals surface area contributed by atoms with Crippen LogP contribution in [0.15, 0.2) is 41.7 Å². The van der Waals surface area contributed by atoms with Gasteiger partial charge in [0.05, 0.1) is 17.4 Å². The van der Waals surface area contributed by atoms with Crippen LogP contribution in [0.4, 0.5) is 5.69 Å². The molecule has 7 nitrogen and oxygen atoms in total. The summed E-state index contributed by atoms with van der Waals surface area (Å²) in [6.07, 6.45) is 3.65. The van der Waals surface area contributed by atoms with Crippen LogP contribution in [0, 0.1) is 0 Å². The Morgan fingerprint density at radius 1 is 1.35 bits per heavy atom. The highest BCUT2D eigenvalue weighted by Gasteiger charge is 2.19. The minimum absolute atomic E-state index is 0.0184. The number of hydrogen-bond donors (Lipinski definition) is 2. The van der Waals surface area contributed by atoms with Crippen molar-refractivity contribution in [2.24, 2.45) is 0 Å². The largest absolute Gasteiger partial charge is 0.478 e. The lowest BCUT2D eigenvalue weighted by atomic mass is 10.3. The monoisotopic (exact) mass is 313 g/mol. The van der Waals surface area contributed by atoms with E-state index in [1.165, 1.54) is 24.5 Å². The Kier molecular flexibility index (Phi) is 3.86. The standard InChI is InChI=1S/C11H8ClN3O4S/c12-10-9(2-1-3-14-10)20(18,19)15-8-4-7(11(16)17)5-13-6-8/h1-6,15H,(H,16,17). The van der Waals surface area contributed by atoms with Crippen LogP contribution in [0.3, 0.4) is 0 Å². The number of nitrogens with zero attached hydrogens (tertiary/aromatic N) is 2. The highest BCUT2D eigenvalue weighted by Crippen LogP contribution is 2.21. The summed E-state index contributed by atoms with van der Waals surface area (Å²) in [6.45, 7) is 0. The van der Waals surface area contributed by atoms with Crippen molar-refractivity contribution in [1.82, 2.24) is 9.97 Å². The van der Waals surface area contributed by atoms with Gasteiger partial charge in [0.15, 0.2) is 0 Å². The maximum Gasteiger partial charge on any atom is 0.337 e. The van der Waals surface area contributed by atoms with Crippen molar-refractivity contribution in [3.63, 3.8) is 0 Å². The van der Waals surface area contributed by atoms with Gasteiger partial charge in [-0.3, -0.25) is 9.71 Å². The van der Waals surface area contributed by atoms with E-state index >= 15 is 0 Å². The van der Waals surface area contributed by atoms with Crippen molar-refractivity contribution in [3.8, 4) is 0 Å². The molecule has 0 bridgehead atoms. The Hall–Kier alpha value is -2.19. The quantitative estimate of drug-likeness (QED) is 0.830. The number of pyridine rings is 2. The fraction of sp³-hybridized carbons (Fsp3) is 0. The number of carboxylic acid groups (broad SMARTS) is 1. The highest BCUT2D eigenvalue weighted by molar-refractivity contribution is 7.92. The maximum atomic E-state index is 12.1. The maximum absolute atomic E-state index is 12.1. The zero-order chi connectivity index (χ0) is 14.8. The van der Waals surface area contributed by atoms with E-state index in [0.717, 1.165) is 12.3 Å². The van der Waals surface area contributed by atoms with E-state index in [4.69, 9.17) is 16.7 Å². The second kappa shape index (κ2) is 5.43. The molecule has 0 saturated carbocycles. The van der Waals surface area contributed by atoms with Crippen LogP contribution in [-0.4, -0.2) is 29.5 Å². The fourth-order valence-electron chi connectivity index (χ4n) is 1.39. The molecule has 0 atom stereocenters.